The van der Waals surface area contributed by atoms with Crippen LogP contribution < -0.4 is 5.32 Å². The molecular formula is C37H71NO16. The molecule has 0 saturated heterocycles. The number of ether oxygens (including phenoxy) is 12. The molecule has 0 heterocycles. The van der Waals surface area contributed by atoms with Gasteiger partial charge >= 0.3 is 11.9 Å². The third-order valence-electron chi connectivity index (χ3n) is 7.05. The van der Waals surface area contributed by atoms with E-state index >= 15 is 0 Å². The zero-order chi connectivity index (χ0) is 39.3. The van der Waals surface area contributed by atoms with Crippen LogP contribution in [0.2, 0.25) is 0 Å². The van der Waals surface area contributed by atoms with Crippen molar-refractivity contribution in [1.82, 2.24) is 5.32 Å². The molecule has 0 spiro atoms. The molecule has 0 aromatic rings. The normalized spacial score (nSPS) is 11.3. The number of nitrogens with one attached hydrogen (secondary N) is 1. The molecule has 0 fully saturated rings. The van der Waals surface area contributed by atoms with Crippen LogP contribution in [0.15, 0.2) is 0 Å². The second-order valence-electron chi connectivity index (χ2n) is 11.7. The Kier molecular flexibility index (Phi) is 43.7. The molecular weight excluding hydrogens is 714 g/mol. The summed E-state index contributed by atoms with van der Waals surface area (Å²) in [5, 5.41) is 11.2. The van der Waals surface area contributed by atoms with E-state index in [0.29, 0.717) is 165 Å². The van der Waals surface area contributed by atoms with E-state index in [2.05, 4.69) is 12.2 Å². The van der Waals surface area contributed by atoms with Gasteiger partial charge in [0.25, 0.3) is 0 Å². The highest BCUT2D eigenvalue weighted by Gasteiger charge is 2.05. The first-order chi connectivity index (χ1) is 26.6. The maximum Gasteiger partial charge on any atom is 0.305 e. The molecule has 1 amide bonds. The molecule has 0 saturated carbocycles. The van der Waals surface area contributed by atoms with Gasteiger partial charge in [-0.1, -0.05) is 32.6 Å². The van der Waals surface area contributed by atoms with Crippen LogP contribution in [0.5, 0.6) is 0 Å². The van der Waals surface area contributed by atoms with Crippen LogP contribution in [0.1, 0.15) is 64.7 Å². The second kappa shape index (κ2) is 45.4. The van der Waals surface area contributed by atoms with Crippen molar-refractivity contribution in [1.29, 1.82) is 0 Å². The summed E-state index contributed by atoms with van der Waals surface area (Å²) in [6.45, 7) is 13.2. The first-order valence-electron chi connectivity index (χ1n) is 19.6. The molecule has 0 aliphatic carbocycles. The quantitative estimate of drug-likeness (QED) is 0.0675. The summed E-state index contributed by atoms with van der Waals surface area (Å²) in [5.74, 6) is -1.41. The largest absolute Gasteiger partial charge is 0.481 e. The van der Waals surface area contributed by atoms with Crippen molar-refractivity contribution < 1.29 is 76.3 Å². The summed E-state index contributed by atoms with van der Waals surface area (Å²) in [6.07, 6.45) is 6.50. The Hall–Kier alpha value is -2.03. The van der Waals surface area contributed by atoms with Crippen molar-refractivity contribution >= 4 is 17.8 Å². The Morgan fingerprint density at radius 3 is 1.07 bits per heavy atom. The SMILES string of the molecule is CCCCCCCC(=O)OCCOCCOCCOCCOCCOCCOCCOCCOCCOCCOCCOCCCNC(=O)CCC(=O)O. The fraction of sp³-hybridized carbons (Fsp3) is 0.919. The predicted molar refractivity (Wildman–Crippen MR) is 198 cm³/mol. The van der Waals surface area contributed by atoms with Crippen LogP contribution in [0.25, 0.3) is 0 Å². The van der Waals surface area contributed by atoms with Crippen molar-refractivity contribution in [3.8, 4) is 0 Å². The molecule has 54 heavy (non-hydrogen) atoms. The van der Waals surface area contributed by atoms with Crippen LogP contribution in [-0.4, -0.2) is 181 Å². The number of rotatable bonds is 46. The zero-order valence-corrected chi connectivity index (χ0v) is 32.9. The Labute approximate surface area is 322 Å². The number of hydrogen-bond acceptors (Lipinski definition) is 15. The summed E-state index contributed by atoms with van der Waals surface area (Å²) < 4.78 is 65.2. The van der Waals surface area contributed by atoms with Gasteiger partial charge in [0.05, 0.1) is 145 Å². The van der Waals surface area contributed by atoms with Crippen LogP contribution in [0.3, 0.4) is 0 Å². The van der Waals surface area contributed by atoms with E-state index in [0.717, 1.165) is 12.8 Å². The molecule has 2 N–H and O–H groups in total. The van der Waals surface area contributed by atoms with Gasteiger partial charge in [-0.3, -0.25) is 14.4 Å². The molecule has 0 atom stereocenters. The molecule has 17 nitrogen and oxygen atoms in total. The van der Waals surface area contributed by atoms with Crippen molar-refractivity contribution in [2.24, 2.45) is 0 Å². The van der Waals surface area contributed by atoms with Gasteiger partial charge in [0.2, 0.25) is 5.91 Å². The molecule has 0 radical (unpaired) electrons. The van der Waals surface area contributed by atoms with Crippen LogP contribution in [0.4, 0.5) is 0 Å². The van der Waals surface area contributed by atoms with Crippen molar-refractivity contribution in [2.45, 2.75) is 64.7 Å². The van der Waals surface area contributed by atoms with Gasteiger partial charge in [0.1, 0.15) is 6.61 Å². The van der Waals surface area contributed by atoms with Gasteiger partial charge in [-0.25, -0.2) is 0 Å². The average Bonchev–Trinajstić information content (AvgIpc) is 3.16. The maximum atomic E-state index is 11.6. The number of carbonyl (C=O) groups is 3. The molecule has 0 aromatic heterocycles. The summed E-state index contributed by atoms with van der Waals surface area (Å²) in [5.41, 5.74) is 0. The van der Waals surface area contributed by atoms with E-state index < -0.39 is 5.97 Å². The summed E-state index contributed by atoms with van der Waals surface area (Å²) in [7, 11) is 0. The first-order valence-corrected chi connectivity index (χ1v) is 19.6. The fourth-order valence-corrected chi connectivity index (χ4v) is 4.17. The van der Waals surface area contributed by atoms with Crippen molar-refractivity contribution in [2.75, 3.05) is 159 Å². The second-order valence-corrected chi connectivity index (χ2v) is 11.7. The highest BCUT2D eigenvalue weighted by molar-refractivity contribution is 5.80. The Balaban J connectivity index is 3.12. The lowest BCUT2D eigenvalue weighted by Gasteiger charge is -2.09. The van der Waals surface area contributed by atoms with Gasteiger partial charge in [-0.05, 0) is 12.8 Å². The van der Waals surface area contributed by atoms with Crippen LogP contribution in [0, 0.1) is 0 Å². The molecule has 0 aliphatic heterocycles. The smallest absolute Gasteiger partial charge is 0.305 e. The lowest BCUT2D eigenvalue weighted by atomic mass is 10.1. The first kappa shape index (κ1) is 52.0. The van der Waals surface area contributed by atoms with Gasteiger partial charge in [-0.2, -0.15) is 0 Å². The third-order valence-corrected chi connectivity index (χ3v) is 7.05. The van der Waals surface area contributed by atoms with E-state index in [1.165, 1.54) is 19.3 Å². The van der Waals surface area contributed by atoms with Crippen molar-refractivity contribution in [3.05, 3.63) is 0 Å². The number of hydrogen-bond donors (Lipinski definition) is 2. The Morgan fingerprint density at radius 2 is 0.722 bits per heavy atom. The molecule has 0 unspecified atom stereocenters. The summed E-state index contributed by atoms with van der Waals surface area (Å²) in [6, 6.07) is 0. The lowest BCUT2D eigenvalue weighted by Crippen LogP contribution is -2.25. The van der Waals surface area contributed by atoms with Gasteiger partial charge in [0.15, 0.2) is 0 Å². The van der Waals surface area contributed by atoms with Gasteiger partial charge in [-0.15, -0.1) is 0 Å². The topological polar surface area (TPSA) is 194 Å². The number of amides is 1. The minimum Gasteiger partial charge on any atom is -0.481 e. The van der Waals surface area contributed by atoms with Crippen molar-refractivity contribution in [3.63, 3.8) is 0 Å². The minimum atomic E-state index is -0.985. The summed E-state index contributed by atoms with van der Waals surface area (Å²) in [4.78, 5) is 33.4. The fourth-order valence-electron chi connectivity index (χ4n) is 4.17. The highest BCUT2D eigenvalue weighted by atomic mass is 16.6. The van der Waals surface area contributed by atoms with E-state index in [9.17, 15) is 14.4 Å². The van der Waals surface area contributed by atoms with E-state index in [4.69, 9.17) is 61.9 Å². The predicted octanol–water partition coefficient (Wildman–Crippen LogP) is 2.44. The minimum absolute atomic E-state index is 0.0133. The standard InChI is InChI=1S/C37H71NO16/c1-2-3-4-5-6-8-37(42)54-34-33-53-32-31-52-30-29-51-28-27-50-26-25-49-24-23-48-22-21-47-20-19-46-18-17-45-16-15-44-14-13-43-12-7-11-38-35(39)9-10-36(40)41/h2-34H2,1H3,(H,38,39)(H,40,41). The molecule has 0 aromatic carbocycles. The number of esters is 1. The number of aliphatic carboxylic acids is 1. The van der Waals surface area contributed by atoms with E-state index in [1.54, 1.807) is 0 Å². The number of carboxylic acids is 1. The van der Waals surface area contributed by atoms with Gasteiger partial charge in [0, 0.05) is 26.0 Å². The third kappa shape index (κ3) is 46.1. The van der Waals surface area contributed by atoms with E-state index in [-0.39, 0.29) is 31.3 Å². The molecule has 0 bridgehead atoms. The highest BCUT2D eigenvalue weighted by Crippen LogP contribution is 2.05. The maximum absolute atomic E-state index is 11.6. The van der Waals surface area contributed by atoms with Crippen LogP contribution >= 0.6 is 0 Å². The zero-order valence-electron chi connectivity index (χ0n) is 32.9. The van der Waals surface area contributed by atoms with Crippen LogP contribution in [-0.2, 0) is 71.2 Å². The molecule has 320 valence electrons. The average molecular weight is 786 g/mol. The Bertz CT molecular complexity index is 810. The number of carboxylic acid groups (broad SMARTS) is 1. The molecule has 17 heteroatoms. The number of carbonyl (C=O) groups excluding carboxylic acids is 2. The Morgan fingerprint density at radius 1 is 0.389 bits per heavy atom. The summed E-state index contributed by atoms with van der Waals surface area (Å²) >= 11 is 0. The lowest BCUT2D eigenvalue weighted by molar-refractivity contribution is -0.145. The monoisotopic (exact) mass is 785 g/mol. The van der Waals surface area contributed by atoms with Gasteiger partial charge < -0.3 is 67.3 Å². The van der Waals surface area contributed by atoms with E-state index in [1.807, 2.05) is 0 Å². The number of unbranched alkanes of at least 4 members (excludes halogenated alkanes) is 4. The molecule has 0 rings (SSSR count). The molecule has 0 aliphatic rings.